The maximum absolute atomic E-state index is 9.43. The molecule has 0 saturated heterocycles. The molecule has 0 rings (SSSR count). The van der Waals surface area contributed by atoms with Crippen LogP contribution in [0.15, 0.2) is 23.0 Å². The Morgan fingerprint density at radius 1 is 1.36 bits per heavy atom. The first-order valence-corrected chi connectivity index (χ1v) is 3.59. The average molecular weight is 150 g/mol. The van der Waals surface area contributed by atoms with Gasteiger partial charge in [0.2, 0.25) is 0 Å². The Kier molecular flexibility index (Phi) is 4.14. The molecule has 0 fully saturated rings. The first-order valence-electron chi connectivity index (χ1n) is 3.59. The molecule has 0 amide bonds. The van der Waals surface area contributed by atoms with E-state index in [0.717, 1.165) is 11.1 Å². The molecule has 0 radical (unpaired) electrons. The van der Waals surface area contributed by atoms with Gasteiger partial charge in [0, 0.05) is 5.57 Å². The van der Waals surface area contributed by atoms with Crippen molar-refractivity contribution in [1.82, 2.24) is 0 Å². The first kappa shape index (κ1) is 9.84. The molecule has 1 nitrogen and oxygen atoms in total. The van der Waals surface area contributed by atoms with Crippen molar-refractivity contribution in [2.75, 3.05) is 0 Å². The van der Waals surface area contributed by atoms with E-state index in [1.54, 1.807) is 13.8 Å². The molecule has 11 heavy (non-hydrogen) atoms. The number of aliphatic hydroxyl groups excluding tert-OH is 1. The fourth-order valence-electron chi connectivity index (χ4n) is 0.679. The molecule has 0 bridgehead atoms. The molecule has 0 aromatic heterocycles. The van der Waals surface area contributed by atoms with Crippen LogP contribution in [0.1, 0.15) is 27.7 Å². The lowest BCUT2D eigenvalue weighted by molar-refractivity contribution is 0.419. The summed E-state index contributed by atoms with van der Waals surface area (Å²) in [6.45, 7) is 7.30. The molecule has 0 unspecified atom stereocenters. The molecule has 1 N–H and O–H groups in total. The van der Waals surface area contributed by atoms with Crippen molar-refractivity contribution in [1.29, 1.82) is 0 Å². The molecule has 0 spiro atoms. The normalized spacial score (nSPS) is 13.3. The van der Waals surface area contributed by atoms with Gasteiger partial charge < -0.3 is 5.11 Å². The van der Waals surface area contributed by atoms with Gasteiger partial charge in [-0.1, -0.05) is 12.0 Å². The maximum Gasteiger partial charge on any atom is 0.129 e. The molecule has 0 heterocycles. The number of allylic oxidation sites excluding steroid dienone is 3. The van der Waals surface area contributed by atoms with Gasteiger partial charge in [0.25, 0.3) is 0 Å². The summed E-state index contributed by atoms with van der Waals surface area (Å²) in [6.07, 6.45) is 1.86. The summed E-state index contributed by atoms with van der Waals surface area (Å²) >= 11 is 0. The summed E-state index contributed by atoms with van der Waals surface area (Å²) in [7, 11) is 0. The lowest BCUT2D eigenvalue weighted by Gasteiger charge is -1.99. The highest BCUT2D eigenvalue weighted by Crippen LogP contribution is 2.09. The van der Waals surface area contributed by atoms with E-state index in [-0.39, 0.29) is 0 Å². The van der Waals surface area contributed by atoms with Crippen molar-refractivity contribution in [3.05, 3.63) is 23.0 Å². The van der Waals surface area contributed by atoms with Crippen molar-refractivity contribution in [3.63, 3.8) is 0 Å². The summed E-state index contributed by atoms with van der Waals surface area (Å²) in [5.74, 6) is 5.82. The van der Waals surface area contributed by atoms with E-state index in [1.165, 1.54) is 0 Å². The first-order chi connectivity index (χ1) is 5.13. The Balaban J connectivity index is 4.76. The Morgan fingerprint density at radius 3 is 2.27 bits per heavy atom. The molecular weight excluding hydrogens is 136 g/mol. The van der Waals surface area contributed by atoms with Crippen LogP contribution in [0.2, 0.25) is 0 Å². The van der Waals surface area contributed by atoms with Crippen LogP contribution in [0.4, 0.5) is 0 Å². The van der Waals surface area contributed by atoms with E-state index in [4.69, 9.17) is 0 Å². The largest absolute Gasteiger partial charge is 0.507 e. The van der Waals surface area contributed by atoms with Crippen molar-refractivity contribution >= 4 is 0 Å². The lowest BCUT2D eigenvalue weighted by Crippen LogP contribution is -1.86. The van der Waals surface area contributed by atoms with E-state index in [9.17, 15) is 5.11 Å². The third-order valence-electron chi connectivity index (χ3n) is 1.47. The van der Waals surface area contributed by atoms with Crippen molar-refractivity contribution in [2.45, 2.75) is 27.7 Å². The van der Waals surface area contributed by atoms with Gasteiger partial charge in [-0.25, -0.2) is 0 Å². The van der Waals surface area contributed by atoms with E-state index in [1.807, 2.05) is 19.9 Å². The van der Waals surface area contributed by atoms with E-state index < -0.39 is 0 Å². The molecule has 0 saturated carbocycles. The van der Waals surface area contributed by atoms with Gasteiger partial charge >= 0.3 is 0 Å². The Morgan fingerprint density at radius 2 is 1.91 bits per heavy atom. The van der Waals surface area contributed by atoms with Crippen LogP contribution in [-0.4, -0.2) is 5.11 Å². The number of hydrogen-bond donors (Lipinski definition) is 1. The zero-order valence-corrected chi connectivity index (χ0v) is 7.52. The quantitative estimate of drug-likeness (QED) is 0.346. The second kappa shape index (κ2) is 4.62. The number of rotatable bonds is 1. The monoisotopic (exact) mass is 150 g/mol. The van der Waals surface area contributed by atoms with Crippen LogP contribution in [0.3, 0.4) is 0 Å². The highest BCUT2D eigenvalue weighted by atomic mass is 16.3. The molecule has 60 valence electrons. The fraction of sp³-hybridized carbons (Fsp3) is 0.400. The van der Waals surface area contributed by atoms with Crippen LogP contribution in [0.25, 0.3) is 0 Å². The summed E-state index contributed by atoms with van der Waals surface area (Å²) in [5, 5.41) is 9.43. The summed E-state index contributed by atoms with van der Waals surface area (Å²) in [6, 6.07) is 0. The minimum absolute atomic E-state index is 0.293. The Bertz CT molecular complexity index is 246. The number of aliphatic hydroxyl groups is 1. The van der Waals surface area contributed by atoms with Gasteiger partial charge in [-0.05, 0) is 33.3 Å². The third kappa shape index (κ3) is 2.95. The van der Waals surface area contributed by atoms with Crippen molar-refractivity contribution < 1.29 is 5.11 Å². The van der Waals surface area contributed by atoms with Gasteiger partial charge in [-0.15, -0.1) is 5.92 Å². The summed E-state index contributed by atoms with van der Waals surface area (Å²) < 4.78 is 0. The molecule has 0 aliphatic carbocycles. The summed E-state index contributed by atoms with van der Waals surface area (Å²) in [5.41, 5.74) is 1.59. The SMILES string of the molecule is CC#C/C(C)=C(O)\C(C)=C/C. The maximum atomic E-state index is 9.43. The third-order valence-corrected chi connectivity index (χ3v) is 1.47. The minimum atomic E-state index is 0.293. The van der Waals surface area contributed by atoms with E-state index in [0.29, 0.717) is 5.76 Å². The summed E-state index contributed by atoms with van der Waals surface area (Å²) in [4.78, 5) is 0. The van der Waals surface area contributed by atoms with E-state index in [2.05, 4.69) is 11.8 Å². The average Bonchev–Trinajstić information content (AvgIpc) is 2.02. The Hall–Kier alpha value is -1.16. The molecule has 0 atom stereocenters. The van der Waals surface area contributed by atoms with Crippen LogP contribution in [0, 0.1) is 11.8 Å². The molecule has 0 aliphatic rings. The van der Waals surface area contributed by atoms with Gasteiger partial charge in [-0.2, -0.15) is 0 Å². The highest BCUT2D eigenvalue weighted by molar-refractivity contribution is 5.37. The topological polar surface area (TPSA) is 20.2 Å². The van der Waals surface area contributed by atoms with Crippen LogP contribution >= 0.6 is 0 Å². The van der Waals surface area contributed by atoms with Crippen molar-refractivity contribution in [2.24, 2.45) is 0 Å². The molecule has 1 heteroatoms. The van der Waals surface area contributed by atoms with Crippen LogP contribution in [-0.2, 0) is 0 Å². The zero-order valence-electron chi connectivity index (χ0n) is 7.52. The zero-order chi connectivity index (χ0) is 8.85. The van der Waals surface area contributed by atoms with Gasteiger partial charge in [0.1, 0.15) is 5.76 Å². The van der Waals surface area contributed by atoms with Gasteiger partial charge in [0.15, 0.2) is 0 Å². The van der Waals surface area contributed by atoms with Gasteiger partial charge in [-0.3, -0.25) is 0 Å². The molecule has 0 aromatic rings. The van der Waals surface area contributed by atoms with Crippen molar-refractivity contribution in [3.8, 4) is 11.8 Å². The minimum Gasteiger partial charge on any atom is -0.507 e. The Labute approximate surface area is 68.4 Å². The second-order valence-electron chi connectivity index (χ2n) is 2.32. The smallest absolute Gasteiger partial charge is 0.129 e. The molecule has 0 aliphatic heterocycles. The van der Waals surface area contributed by atoms with E-state index >= 15 is 0 Å². The predicted octanol–water partition coefficient (Wildman–Crippen LogP) is 2.81. The van der Waals surface area contributed by atoms with Gasteiger partial charge in [0.05, 0.1) is 0 Å². The standard InChI is InChI=1S/C10H14O/c1-5-7-9(4)10(11)8(3)6-2/h6,11H,1-4H3/b8-6-,10-9+. The second-order valence-corrected chi connectivity index (χ2v) is 2.32. The molecule has 0 aromatic carbocycles. The van der Waals surface area contributed by atoms with Crippen LogP contribution < -0.4 is 0 Å². The number of hydrogen-bond acceptors (Lipinski definition) is 1. The predicted molar refractivity (Wildman–Crippen MR) is 48.2 cm³/mol. The fourth-order valence-corrected chi connectivity index (χ4v) is 0.679. The lowest BCUT2D eigenvalue weighted by atomic mass is 10.1. The highest BCUT2D eigenvalue weighted by Gasteiger charge is 1.97. The molecular formula is C10H14O. The van der Waals surface area contributed by atoms with Crippen LogP contribution in [0.5, 0.6) is 0 Å².